The van der Waals surface area contributed by atoms with Crippen molar-refractivity contribution in [1.29, 1.82) is 0 Å². The Labute approximate surface area is 195 Å². The number of aryl methyl sites for hydroxylation is 1. The van der Waals surface area contributed by atoms with Crippen molar-refractivity contribution in [3.05, 3.63) is 98.7 Å². The Kier molecular flexibility index (Phi) is 6.49. The quantitative estimate of drug-likeness (QED) is 0.318. The second-order valence-corrected chi connectivity index (χ2v) is 7.94. The highest BCUT2D eigenvalue weighted by Gasteiger charge is 2.25. The minimum Gasteiger partial charge on any atom is -0.493 e. The number of hydrogen-bond donors (Lipinski definition) is 0. The van der Waals surface area contributed by atoms with Gasteiger partial charge in [0.15, 0.2) is 17.2 Å². The van der Waals surface area contributed by atoms with E-state index in [0.717, 1.165) is 11.1 Å². The first-order valence-electron chi connectivity index (χ1n) is 9.78. The molecule has 0 radical (unpaired) electrons. The van der Waals surface area contributed by atoms with Crippen LogP contribution in [-0.2, 0) is 16.1 Å². The highest BCUT2D eigenvalue weighted by atomic mass is 35.5. The van der Waals surface area contributed by atoms with Crippen molar-refractivity contribution < 1.29 is 19.0 Å². The summed E-state index contributed by atoms with van der Waals surface area (Å²) in [5.74, 6) is 0.448. The van der Waals surface area contributed by atoms with E-state index in [1.807, 2.05) is 31.2 Å². The average Bonchev–Trinajstić information content (AvgIpc) is 3.13. The van der Waals surface area contributed by atoms with Crippen molar-refractivity contribution in [1.82, 2.24) is 0 Å². The molecule has 0 saturated carbocycles. The second-order valence-electron chi connectivity index (χ2n) is 7.13. The number of halogens is 2. The number of ether oxygens (including phenoxy) is 3. The summed E-state index contributed by atoms with van der Waals surface area (Å²) in [5.41, 5.74) is 3.45. The molecule has 0 fully saturated rings. The zero-order valence-electron chi connectivity index (χ0n) is 17.4. The Bertz CT molecular complexity index is 1250. The van der Waals surface area contributed by atoms with Gasteiger partial charge in [-0.3, -0.25) is 0 Å². The van der Waals surface area contributed by atoms with Crippen molar-refractivity contribution in [3.63, 3.8) is 0 Å². The molecule has 1 aliphatic rings. The molecule has 0 amide bonds. The number of hydrogen-bond acceptors (Lipinski definition) is 5. The number of aliphatic imine (C=N–C) groups is 1. The van der Waals surface area contributed by atoms with E-state index < -0.39 is 5.97 Å². The van der Waals surface area contributed by atoms with Crippen LogP contribution in [0.5, 0.6) is 11.5 Å². The minimum atomic E-state index is -0.574. The normalized spacial score (nSPS) is 14.3. The Balaban J connectivity index is 1.60. The van der Waals surface area contributed by atoms with Crippen molar-refractivity contribution in [2.75, 3.05) is 7.11 Å². The van der Waals surface area contributed by atoms with Gasteiger partial charge >= 0.3 is 5.97 Å². The largest absolute Gasteiger partial charge is 0.493 e. The Morgan fingerprint density at radius 3 is 2.59 bits per heavy atom. The predicted molar refractivity (Wildman–Crippen MR) is 126 cm³/mol. The number of nitrogens with zero attached hydrogens (tertiary/aromatic N) is 1. The van der Waals surface area contributed by atoms with E-state index in [0.29, 0.717) is 39.3 Å². The minimum absolute atomic E-state index is 0.131. The molecule has 0 atom stereocenters. The van der Waals surface area contributed by atoms with Crippen molar-refractivity contribution >= 4 is 41.1 Å². The van der Waals surface area contributed by atoms with Gasteiger partial charge in [0.2, 0.25) is 5.90 Å². The van der Waals surface area contributed by atoms with Crippen LogP contribution in [0, 0.1) is 6.92 Å². The van der Waals surface area contributed by atoms with E-state index in [4.69, 9.17) is 37.4 Å². The van der Waals surface area contributed by atoms with Crippen LogP contribution in [0.4, 0.5) is 0 Å². The van der Waals surface area contributed by atoms with Gasteiger partial charge in [-0.15, -0.1) is 0 Å². The lowest BCUT2D eigenvalue weighted by Crippen LogP contribution is -2.05. The van der Waals surface area contributed by atoms with Crippen LogP contribution < -0.4 is 9.47 Å². The van der Waals surface area contributed by atoms with Crippen molar-refractivity contribution in [2.24, 2.45) is 4.99 Å². The third kappa shape index (κ3) is 4.79. The number of esters is 1. The monoisotopic (exact) mass is 467 g/mol. The van der Waals surface area contributed by atoms with E-state index in [1.165, 1.54) is 7.11 Å². The van der Waals surface area contributed by atoms with Gasteiger partial charge in [-0.05, 0) is 48.4 Å². The van der Waals surface area contributed by atoms with E-state index in [-0.39, 0.29) is 11.6 Å². The topological polar surface area (TPSA) is 57.1 Å². The summed E-state index contributed by atoms with van der Waals surface area (Å²) < 4.78 is 16.7. The molecular formula is C25H19Cl2NO4. The van der Waals surface area contributed by atoms with Crippen molar-refractivity contribution in [3.8, 4) is 11.5 Å². The van der Waals surface area contributed by atoms with Gasteiger partial charge in [-0.25, -0.2) is 9.79 Å². The van der Waals surface area contributed by atoms with Crippen molar-refractivity contribution in [2.45, 2.75) is 13.5 Å². The molecule has 0 aromatic heterocycles. The first-order valence-corrected chi connectivity index (χ1v) is 10.5. The Morgan fingerprint density at radius 1 is 1.03 bits per heavy atom. The van der Waals surface area contributed by atoms with E-state index >= 15 is 0 Å². The fraction of sp³-hybridized carbons (Fsp3) is 0.120. The maximum Gasteiger partial charge on any atom is 0.363 e. The lowest BCUT2D eigenvalue weighted by atomic mass is 10.1. The predicted octanol–water partition coefficient (Wildman–Crippen LogP) is 6.23. The number of carbonyl (C=O) groups is 1. The first kappa shape index (κ1) is 21.9. The lowest BCUT2D eigenvalue weighted by Gasteiger charge is -2.13. The SMILES string of the molecule is COc1cc(/C=C2\N=C(c3ccccc3Cl)OC2=O)cc(Cl)c1OCc1cccc(C)c1. The molecule has 5 nitrogen and oxygen atoms in total. The summed E-state index contributed by atoms with van der Waals surface area (Å²) in [6.07, 6.45) is 1.57. The fourth-order valence-corrected chi connectivity index (χ4v) is 3.73. The third-order valence-electron chi connectivity index (χ3n) is 4.75. The highest BCUT2D eigenvalue weighted by molar-refractivity contribution is 6.34. The van der Waals surface area contributed by atoms with Crippen LogP contribution in [0.2, 0.25) is 10.0 Å². The van der Waals surface area contributed by atoms with Crippen LogP contribution >= 0.6 is 23.2 Å². The van der Waals surface area contributed by atoms with Crippen LogP contribution in [0.25, 0.3) is 6.08 Å². The molecule has 1 heterocycles. The molecule has 0 spiro atoms. The number of carbonyl (C=O) groups excluding carboxylic acids is 1. The van der Waals surface area contributed by atoms with Crippen LogP contribution in [-0.4, -0.2) is 19.0 Å². The van der Waals surface area contributed by atoms with Crippen LogP contribution in [0.1, 0.15) is 22.3 Å². The Hall–Kier alpha value is -3.28. The summed E-state index contributed by atoms with van der Waals surface area (Å²) in [6.45, 7) is 2.36. The molecule has 7 heteroatoms. The lowest BCUT2D eigenvalue weighted by molar-refractivity contribution is -0.129. The zero-order valence-corrected chi connectivity index (χ0v) is 18.9. The molecule has 4 rings (SSSR count). The standard InChI is InChI=1S/C25H19Cl2NO4/c1-15-6-5-7-16(10-15)14-31-23-20(27)11-17(13-22(23)30-2)12-21-25(29)32-24(28-21)18-8-3-4-9-19(18)26/h3-13H,14H2,1-2H3/b21-12-. The number of rotatable bonds is 6. The van der Waals surface area contributed by atoms with Gasteiger partial charge in [0.1, 0.15) is 6.61 Å². The van der Waals surface area contributed by atoms with Gasteiger partial charge in [0.05, 0.1) is 22.7 Å². The van der Waals surface area contributed by atoms with Crippen LogP contribution in [0.3, 0.4) is 0 Å². The van der Waals surface area contributed by atoms with E-state index in [2.05, 4.69) is 4.99 Å². The maximum absolute atomic E-state index is 12.3. The molecule has 0 saturated heterocycles. The van der Waals surface area contributed by atoms with Gasteiger partial charge in [0.25, 0.3) is 0 Å². The molecule has 1 aliphatic heterocycles. The molecule has 0 bridgehead atoms. The average molecular weight is 468 g/mol. The smallest absolute Gasteiger partial charge is 0.363 e. The summed E-state index contributed by atoms with van der Waals surface area (Å²) >= 11 is 12.7. The highest BCUT2D eigenvalue weighted by Crippen LogP contribution is 2.38. The second kappa shape index (κ2) is 9.47. The number of benzene rings is 3. The zero-order chi connectivity index (χ0) is 22.7. The first-order chi connectivity index (χ1) is 15.4. The van der Waals surface area contributed by atoms with Crippen LogP contribution in [0.15, 0.2) is 71.4 Å². The van der Waals surface area contributed by atoms with E-state index in [1.54, 1.807) is 42.5 Å². The van der Waals surface area contributed by atoms with Gasteiger partial charge in [-0.1, -0.05) is 65.2 Å². The molecule has 162 valence electrons. The maximum atomic E-state index is 12.3. The number of cyclic esters (lactones) is 1. The third-order valence-corrected chi connectivity index (χ3v) is 5.36. The fourth-order valence-electron chi connectivity index (χ4n) is 3.24. The molecule has 0 aliphatic carbocycles. The van der Waals surface area contributed by atoms with Gasteiger partial charge in [-0.2, -0.15) is 0 Å². The van der Waals surface area contributed by atoms with Gasteiger partial charge in [0, 0.05) is 0 Å². The molecule has 0 N–H and O–H groups in total. The Morgan fingerprint density at radius 2 is 1.84 bits per heavy atom. The summed E-state index contributed by atoms with van der Waals surface area (Å²) in [5, 5.41) is 0.797. The molecular weight excluding hydrogens is 449 g/mol. The summed E-state index contributed by atoms with van der Waals surface area (Å²) in [4.78, 5) is 16.6. The van der Waals surface area contributed by atoms with Gasteiger partial charge < -0.3 is 14.2 Å². The summed E-state index contributed by atoms with van der Waals surface area (Å²) in [7, 11) is 1.53. The molecule has 3 aromatic carbocycles. The molecule has 3 aromatic rings. The van der Waals surface area contributed by atoms with E-state index in [9.17, 15) is 4.79 Å². The molecule has 32 heavy (non-hydrogen) atoms. The number of methoxy groups -OCH3 is 1. The summed E-state index contributed by atoms with van der Waals surface area (Å²) in [6, 6.07) is 18.4. The molecule has 0 unspecified atom stereocenters.